The lowest BCUT2D eigenvalue weighted by atomic mass is 9.95. The zero-order chi connectivity index (χ0) is 12.9. The van der Waals surface area contributed by atoms with Gasteiger partial charge >= 0.3 is 5.97 Å². The molecule has 1 aliphatic carbocycles. The van der Waals surface area contributed by atoms with E-state index in [1.807, 2.05) is 0 Å². The molecule has 0 amide bonds. The second-order valence-electron chi connectivity index (χ2n) is 3.58. The van der Waals surface area contributed by atoms with Gasteiger partial charge < -0.3 is 4.84 Å². The maximum atomic E-state index is 12.1. The van der Waals surface area contributed by atoms with E-state index in [1.54, 1.807) is 11.4 Å². The maximum absolute atomic E-state index is 12.1. The molecule has 1 aliphatic rings. The number of thiophene rings is 2. The molecule has 0 radical (unpaired) electrons. The first kappa shape index (κ1) is 11.3. The summed E-state index contributed by atoms with van der Waals surface area (Å²) in [6, 6.07) is 2.97. The van der Waals surface area contributed by atoms with Crippen molar-refractivity contribution in [3.05, 3.63) is 43.3 Å². The summed E-state index contributed by atoms with van der Waals surface area (Å²) in [5, 5.41) is 1.70. The molecule has 0 saturated heterocycles. The van der Waals surface area contributed by atoms with E-state index in [-0.39, 0.29) is 26.9 Å². The summed E-state index contributed by atoms with van der Waals surface area (Å²) in [5.74, 6) is 3.56. The summed E-state index contributed by atoms with van der Waals surface area (Å²) in [5.41, 5.74) is 0.638. The standard InChI is InChI=1S/C11H5NO4S2/c12-16-11(15)6-3-5-7(13)4-1-2-17-9(4)8(14)10(5)18-6/h1-3H,12H2. The van der Waals surface area contributed by atoms with Crippen LogP contribution in [0.3, 0.4) is 0 Å². The summed E-state index contributed by atoms with van der Waals surface area (Å²) >= 11 is 2.15. The van der Waals surface area contributed by atoms with Gasteiger partial charge in [0.05, 0.1) is 9.75 Å². The Morgan fingerprint density at radius 3 is 2.67 bits per heavy atom. The molecule has 5 nitrogen and oxygen atoms in total. The van der Waals surface area contributed by atoms with E-state index >= 15 is 0 Å². The van der Waals surface area contributed by atoms with Gasteiger partial charge in [-0.1, -0.05) is 0 Å². The predicted octanol–water partition coefficient (Wildman–Crippen LogP) is 1.62. The smallest absolute Gasteiger partial charge is 0.366 e. The molecule has 90 valence electrons. The molecule has 2 aromatic rings. The van der Waals surface area contributed by atoms with Crippen LogP contribution in [0.4, 0.5) is 0 Å². The Hall–Kier alpha value is -1.83. The highest BCUT2D eigenvalue weighted by Crippen LogP contribution is 2.35. The molecule has 0 unspecified atom stereocenters. The fourth-order valence-electron chi connectivity index (χ4n) is 1.80. The number of ketones is 2. The summed E-state index contributed by atoms with van der Waals surface area (Å²) in [6.07, 6.45) is 0. The number of hydrogen-bond donors (Lipinski definition) is 1. The molecule has 2 heterocycles. The second kappa shape index (κ2) is 3.84. The van der Waals surface area contributed by atoms with E-state index in [2.05, 4.69) is 4.84 Å². The van der Waals surface area contributed by atoms with Gasteiger partial charge in [-0.15, -0.1) is 22.7 Å². The fourth-order valence-corrected chi connectivity index (χ4v) is 3.69. The molecule has 0 atom stereocenters. The molecule has 0 spiro atoms. The molecule has 0 aromatic carbocycles. The van der Waals surface area contributed by atoms with Crippen LogP contribution in [0.2, 0.25) is 0 Å². The van der Waals surface area contributed by atoms with Crippen molar-refractivity contribution in [2.45, 2.75) is 0 Å². The first-order valence-electron chi connectivity index (χ1n) is 4.85. The third-order valence-electron chi connectivity index (χ3n) is 2.61. The van der Waals surface area contributed by atoms with Crippen molar-refractivity contribution in [1.82, 2.24) is 0 Å². The fraction of sp³-hybridized carbons (Fsp3) is 0. The van der Waals surface area contributed by atoms with Crippen molar-refractivity contribution >= 4 is 40.2 Å². The summed E-state index contributed by atoms with van der Waals surface area (Å²) in [7, 11) is 0. The summed E-state index contributed by atoms with van der Waals surface area (Å²) < 4.78 is 0. The Labute approximate surface area is 109 Å². The van der Waals surface area contributed by atoms with Gasteiger partial charge in [0.15, 0.2) is 5.78 Å². The molecule has 18 heavy (non-hydrogen) atoms. The zero-order valence-corrected chi connectivity index (χ0v) is 10.4. The second-order valence-corrected chi connectivity index (χ2v) is 5.55. The largest absolute Gasteiger partial charge is 0.369 e. The molecule has 7 heteroatoms. The first-order valence-corrected chi connectivity index (χ1v) is 6.55. The molecule has 0 fully saturated rings. The maximum Gasteiger partial charge on any atom is 0.366 e. The van der Waals surface area contributed by atoms with Crippen molar-refractivity contribution in [2.24, 2.45) is 5.90 Å². The molecule has 3 rings (SSSR count). The van der Waals surface area contributed by atoms with Gasteiger partial charge in [0.2, 0.25) is 5.78 Å². The molecule has 0 aliphatic heterocycles. The van der Waals surface area contributed by atoms with Gasteiger partial charge in [-0.3, -0.25) is 9.59 Å². The molecular formula is C11H5NO4S2. The summed E-state index contributed by atoms with van der Waals surface area (Å²) in [4.78, 5) is 40.5. The van der Waals surface area contributed by atoms with Gasteiger partial charge in [-0.25, -0.2) is 4.79 Å². The third-order valence-corrected chi connectivity index (χ3v) is 4.63. The minimum Gasteiger partial charge on any atom is -0.369 e. The highest BCUT2D eigenvalue weighted by Gasteiger charge is 2.34. The van der Waals surface area contributed by atoms with Crippen molar-refractivity contribution in [3.8, 4) is 0 Å². The Balaban J connectivity index is 2.19. The van der Waals surface area contributed by atoms with Crippen LogP contribution < -0.4 is 5.90 Å². The number of carbonyl (C=O) groups is 3. The lowest BCUT2D eigenvalue weighted by Crippen LogP contribution is -2.15. The molecule has 2 N–H and O–H groups in total. The zero-order valence-electron chi connectivity index (χ0n) is 8.76. The molecular weight excluding hydrogens is 274 g/mol. The number of rotatable bonds is 1. The minimum absolute atomic E-state index is 0.152. The van der Waals surface area contributed by atoms with E-state index < -0.39 is 5.97 Å². The van der Waals surface area contributed by atoms with Gasteiger partial charge in [-0.2, -0.15) is 5.90 Å². The highest BCUT2D eigenvalue weighted by molar-refractivity contribution is 7.19. The van der Waals surface area contributed by atoms with Crippen LogP contribution in [-0.4, -0.2) is 17.5 Å². The summed E-state index contributed by atoms with van der Waals surface area (Å²) in [6.45, 7) is 0. The van der Waals surface area contributed by atoms with Gasteiger partial charge in [-0.05, 0) is 17.5 Å². The van der Waals surface area contributed by atoms with Crippen molar-refractivity contribution in [1.29, 1.82) is 0 Å². The Morgan fingerprint density at radius 2 is 1.94 bits per heavy atom. The number of nitrogens with two attached hydrogens (primary N) is 1. The van der Waals surface area contributed by atoms with Gasteiger partial charge in [0, 0.05) is 11.1 Å². The van der Waals surface area contributed by atoms with Gasteiger partial charge in [0.1, 0.15) is 4.88 Å². The van der Waals surface area contributed by atoms with Crippen LogP contribution in [0.15, 0.2) is 17.5 Å². The minimum atomic E-state index is -0.752. The first-order chi connectivity index (χ1) is 8.63. The number of fused-ring (bicyclic) bond motifs is 2. The topological polar surface area (TPSA) is 86.5 Å². The van der Waals surface area contributed by atoms with Crippen molar-refractivity contribution in [3.63, 3.8) is 0 Å². The van der Waals surface area contributed by atoms with Crippen LogP contribution in [0, 0.1) is 0 Å². The van der Waals surface area contributed by atoms with E-state index in [9.17, 15) is 14.4 Å². The van der Waals surface area contributed by atoms with Crippen LogP contribution in [0.1, 0.15) is 40.1 Å². The van der Waals surface area contributed by atoms with Gasteiger partial charge in [0.25, 0.3) is 0 Å². The Morgan fingerprint density at radius 1 is 1.17 bits per heavy atom. The predicted molar refractivity (Wildman–Crippen MR) is 65.1 cm³/mol. The van der Waals surface area contributed by atoms with Crippen LogP contribution in [0.5, 0.6) is 0 Å². The third kappa shape index (κ3) is 1.38. The number of hydrogen-bond acceptors (Lipinski definition) is 7. The van der Waals surface area contributed by atoms with E-state index in [4.69, 9.17) is 5.90 Å². The van der Waals surface area contributed by atoms with E-state index in [1.165, 1.54) is 17.4 Å². The molecule has 0 bridgehead atoms. The highest BCUT2D eigenvalue weighted by atomic mass is 32.1. The lowest BCUT2D eigenvalue weighted by Gasteiger charge is -2.08. The average Bonchev–Trinajstić information content (AvgIpc) is 3.01. The monoisotopic (exact) mass is 279 g/mol. The van der Waals surface area contributed by atoms with Crippen molar-refractivity contribution in [2.75, 3.05) is 0 Å². The van der Waals surface area contributed by atoms with E-state index in [0.717, 1.165) is 11.3 Å². The number of carbonyl (C=O) groups excluding carboxylic acids is 3. The van der Waals surface area contributed by atoms with Crippen LogP contribution in [0.25, 0.3) is 0 Å². The molecule has 2 aromatic heterocycles. The normalized spacial score (nSPS) is 13.2. The average molecular weight is 279 g/mol. The molecule has 0 saturated carbocycles. The van der Waals surface area contributed by atoms with Crippen LogP contribution in [-0.2, 0) is 4.84 Å². The quantitative estimate of drug-likeness (QED) is 0.684. The van der Waals surface area contributed by atoms with E-state index in [0.29, 0.717) is 10.4 Å². The van der Waals surface area contributed by atoms with Crippen molar-refractivity contribution < 1.29 is 19.2 Å². The van der Waals surface area contributed by atoms with Crippen LogP contribution >= 0.6 is 22.7 Å². The Bertz CT molecular complexity index is 650. The Kier molecular flexibility index (Phi) is 2.40. The SMILES string of the molecule is NOC(=O)c1cc2c(s1)C(=O)c1sccc1C2=O. The lowest BCUT2D eigenvalue weighted by molar-refractivity contribution is 0.0509.